The molecule has 1 aromatic rings. The molecular formula is C15H24N2O2S. The second-order valence-corrected chi connectivity index (χ2v) is 7.36. The molecule has 1 unspecified atom stereocenters. The minimum absolute atomic E-state index is 0.349. The van der Waals surface area contributed by atoms with E-state index in [-0.39, 0.29) is 0 Å². The first-order valence-electron chi connectivity index (χ1n) is 7.34. The van der Waals surface area contributed by atoms with Crippen LogP contribution in [0.4, 0.5) is 0 Å². The SMILES string of the molecule is CCC(C)CNS(=O)(=O)c1ccccc1CNC1CC1. The van der Waals surface area contributed by atoms with Crippen molar-refractivity contribution in [2.24, 2.45) is 5.92 Å². The van der Waals surface area contributed by atoms with Gasteiger partial charge >= 0.3 is 0 Å². The lowest BCUT2D eigenvalue weighted by atomic mass is 10.1. The average Bonchev–Trinajstić information content (AvgIpc) is 3.27. The molecule has 0 bridgehead atoms. The van der Waals surface area contributed by atoms with Crippen molar-refractivity contribution >= 4 is 10.0 Å². The minimum Gasteiger partial charge on any atom is -0.310 e. The average molecular weight is 296 g/mol. The van der Waals surface area contributed by atoms with Gasteiger partial charge in [-0.2, -0.15) is 0 Å². The summed E-state index contributed by atoms with van der Waals surface area (Å²) in [4.78, 5) is 0.399. The summed E-state index contributed by atoms with van der Waals surface area (Å²) in [5.74, 6) is 0.349. The Kier molecular flexibility index (Phi) is 5.18. The van der Waals surface area contributed by atoms with Gasteiger partial charge in [0.2, 0.25) is 10.0 Å². The van der Waals surface area contributed by atoms with Gasteiger partial charge in [0.15, 0.2) is 0 Å². The maximum absolute atomic E-state index is 12.4. The van der Waals surface area contributed by atoms with Gasteiger partial charge in [-0.05, 0) is 30.4 Å². The van der Waals surface area contributed by atoms with Gasteiger partial charge in [-0.15, -0.1) is 0 Å². The Morgan fingerprint density at radius 3 is 2.65 bits per heavy atom. The zero-order valence-electron chi connectivity index (χ0n) is 12.2. The Morgan fingerprint density at radius 1 is 1.30 bits per heavy atom. The lowest BCUT2D eigenvalue weighted by Gasteiger charge is -2.14. The van der Waals surface area contributed by atoms with E-state index in [1.165, 1.54) is 12.8 Å². The summed E-state index contributed by atoms with van der Waals surface area (Å²) in [5, 5.41) is 3.37. The van der Waals surface area contributed by atoms with Crippen molar-refractivity contribution in [3.8, 4) is 0 Å². The number of benzene rings is 1. The molecule has 1 aliphatic carbocycles. The summed E-state index contributed by atoms with van der Waals surface area (Å²) in [6.45, 7) is 5.21. The number of sulfonamides is 1. The number of nitrogens with one attached hydrogen (secondary N) is 2. The standard InChI is InChI=1S/C15H24N2O2S/c1-3-12(2)10-17-20(18,19)15-7-5-4-6-13(15)11-16-14-8-9-14/h4-7,12,14,16-17H,3,8-11H2,1-2H3. The van der Waals surface area contributed by atoms with Crippen LogP contribution in [0.15, 0.2) is 29.2 Å². The van der Waals surface area contributed by atoms with Crippen LogP contribution in [-0.4, -0.2) is 21.0 Å². The van der Waals surface area contributed by atoms with Crippen LogP contribution in [0.1, 0.15) is 38.7 Å². The van der Waals surface area contributed by atoms with Crippen molar-refractivity contribution in [2.75, 3.05) is 6.54 Å². The summed E-state index contributed by atoms with van der Waals surface area (Å²) >= 11 is 0. The fourth-order valence-electron chi connectivity index (χ4n) is 1.93. The highest BCUT2D eigenvalue weighted by Crippen LogP contribution is 2.21. The first kappa shape index (κ1) is 15.5. The predicted octanol–water partition coefficient (Wildman–Crippen LogP) is 2.26. The van der Waals surface area contributed by atoms with E-state index in [0.29, 0.717) is 29.9 Å². The lowest BCUT2D eigenvalue weighted by Crippen LogP contribution is -2.29. The van der Waals surface area contributed by atoms with Crippen LogP contribution in [-0.2, 0) is 16.6 Å². The van der Waals surface area contributed by atoms with Gasteiger partial charge in [0, 0.05) is 19.1 Å². The molecule has 0 aromatic heterocycles. The molecular weight excluding hydrogens is 272 g/mol. The van der Waals surface area contributed by atoms with Gasteiger partial charge in [-0.3, -0.25) is 0 Å². The first-order valence-corrected chi connectivity index (χ1v) is 8.82. The second-order valence-electron chi connectivity index (χ2n) is 5.63. The van der Waals surface area contributed by atoms with E-state index in [1.807, 2.05) is 19.1 Å². The van der Waals surface area contributed by atoms with E-state index < -0.39 is 10.0 Å². The van der Waals surface area contributed by atoms with E-state index in [9.17, 15) is 8.42 Å². The molecule has 5 heteroatoms. The quantitative estimate of drug-likeness (QED) is 0.773. The van der Waals surface area contributed by atoms with E-state index >= 15 is 0 Å². The molecule has 112 valence electrons. The van der Waals surface area contributed by atoms with E-state index in [1.54, 1.807) is 12.1 Å². The van der Waals surface area contributed by atoms with Crippen molar-refractivity contribution in [2.45, 2.75) is 50.6 Å². The van der Waals surface area contributed by atoms with Crippen molar-refractivity contribution in [3.63, 3.8) is 0 Å². The lowest BCUT2D eigenvalue weighted by molar-refractivity contribution is 0.527. The van der Waals surface area contributed by atoms with Crippen LogP contribution in [0, 0.1) is 5.92 Å². The molecule has 2 N–H and O–H groups in total. The summed E-state index contributed by atoms with van der Waals surface area (Å²) in [5.41, 5.74) is 0.844. The van der Waals surface area contributed by atoms with Gasteiger partial charge in [-0.1, -0.05) is 38.5 Å². The smallest absolute Gasteiger partial charge is 0.240 e. The highest BCUT2D eigenvalue weighted by Gasteiger charge is 2.22. The van der Waals surface area contributed by atoms with Gasteiger partial charge in [-0.25, -0.2) is 13.1 Å². The van der Waals surface area contributed by atoms with Crippen molar-refractivity contribution < 1.29 is 8.42 Å². The summed E-state index contributed by atoms with van der Waals surface area (Å²) < 4.78 is 27.5. The molecule has 0 heterocycles. The highest BCUT2D eigenvalue weighted by molar-refractivity contribution is 7.89. The Balaban J connectivity index is 2.08. The normalized spacial score (nSPS) is 17.1. The zero-order chi connectivity index (χ0) is 14.6. The van der Waals surface area contributed by atoms with Crippen molar-refractivity contribution in [1.82, 2.24) is 10.0 Å². The maximum Gasteiger partial charge on any atom is 0.240 e. The molecule has 20 heavy (non-hydrogen) atoms. The van der Waals surface area contributed by atoms with Gasteiger partial charge in [0.25, 0.3) is 0 Å². The number of hydrogen-bond acceptors (Lipinski definition) is 3. The summed E-state index contributed by atoms with van der Waals surface area (Å²) in [6, 6.07) is 7.80. The predicted molar refractivity (Wildman–Crippen MR) is 80.9 cm³/mol. The molecule has 0 aliphatic heterocycles. The van der Waals surface area contributed by atoms with Crippen LogP contribution in [0.5, 0.6) is 0 Å². The van der Waals surface area contributed by atoms with Crippen LogP contribution < -0.4 is 10.0 Å². The fourth-order valence-corrected chi connectivity index (χ4v) is 3.33. The maximum atomic E-state index is 12.4. The molecule has 1 aromatic carbocycles. The third-order valence-electron chi connectivity index (χ3n) is 3.74. The van der Waals surface area contributed by atoms with Crippen molar-refractivity contribution in [1.29, 1.82) is 0 Å². The minimum atomic E-state index is -3.41. The van der Waals surface area contributed by atoms with Crippen LogP contribution in [0.25, 0.3) is 0 Å². The molecule has 1 aliphatic rings. The van der Waals surface area contributed by atoms with Crippen molar-refractivity contribution in [3.05, 3.63) is 29.8 Å². The first-order chi connectivity index (χ1) is 9.53. The molecule has 0 spiro atoms. The van der Waals surface area contributed by atoms with Gasteiger partial charge < -0.3 is 5.32 Å². The molecule has 1 fully saturated rings. The molecule has 0 amide bonds. The van der Waals surface area contributed by atoms with Crippen LogP contribution in [0.3, 0.4) is 0 Å². The third kappa shape index (κ3) is 4.30. The molecule has 4 nitrogen and oxygen atoms in total. The number of hydrogen-bond donors (Lipinski definition) is 2. The molecule has 0 radical (unpaired) electrons. The van der Waals surface area contributed by atoms with Crippen LogP contribution >= 0.6 is 0 Å². The molecule has 2 rings (SSSR count). The van der Waals surface area contributed by atoms with E-state index in [0.717, 1.165) is 12.0 Å². The Morgan fingerprint density at radius 2 is 2.00 bits per heavy atom. The molecule has 1 atom stereocenters. The van der Waals surface area contributed by atoms with E-state index in [4.69, 9.17) is 0 Å². The number of rotatable bonds is 8. The highest BCUT2D eigenvalue weighted by atomic mass is 32.2. The van der Waals surface area contributed by atoms with Crippen LogP contribution in [0.2, 0.25) is 0 Å². The monoisotopic (exact) mass is 296 g/mol. The Hall–Kier alpha value is -0.910. The fraction of sp³-hybridized carbons (Fsp3) is 0.600. The van der Waals surface area contributed by atoms with Gasteiger partial charge in [0.05, 0.1) is 4.90 Å². The topological polar surface area (TPSA) is 58.2 Å². The summed E-state index contributed by atoms with van der Waals surface area (Å²) in [7, 11) is -3.41. The molecule has 0 saturated heterocycles. The molecule has 1 saturated carbocycles. The Bertz CT molecular complexity index is 539. The Labute approximate surface area is 122 Å². The van der Waals surface area contributed by atoms with Gasteiger partial charge in [0.1, 0.15) is 0 Å². The zero-order valence-corrected chi connectivity index (χ0v) is 13.0. The van der Waals surface area contributed by atoms with E-state index in [2.05, 4.69) is 17.0 Å². The second kappa shape index (κ2) is 6.70. The third-order valence-corrected chi connectivity index (χ3v) is 5.26. The largest absolute Gasteiger partial charge is 0.310 e. The summed E-state index contributed by atoms with van der Waals surface area (Å²) in [6.07, 6.45) is 3.36.